The van der Waals surface area contributed by atoms with Gasteiger partial charge in [-0.25, -0.2) is 4.98 Å². The zero-order valence-electron chi connectivity index (χ0n) is 12.1. The number of fused-ring (bicyclic) bond motifs is 1. The van der Waals surface area contributed by atoms with Crippen molar-refractivity contribution >= 4 is 22.6 Å². The van der Waals surface area contributed by atoms with Crippen LogP contribution in [0.5, 0.6) is 0 Å². The minimum atomic E-state index is 0.630. The van der Waals surface area contributed by atoms with Crippen molar-refractivity contribution in [3.63, 3.8) is 0 Å². The molecule has 19 heavy (non-hydrogen) atoms. The molecule has 0 fully saturated rings. The van der Waals surface area contributed by atoms with Gasteiger partial charge in [-0.05, 0) is 30.5 Å². The normalized spacial score (nSPS) is 11.6. The number of imidazole rings is 1. The molecule has 0 amide bonds. The highest BCUT2D eigenvalue weighted by atomic mass is 35.5. The van der Waals surface area contributed by atoms with Gasteiger partial charge in [0.05, 0.1) is 11.0 Å². The lowest BCUT2D eigenvalue weighted by molar-refractivity contribution is 0.417. The molecule has 0 saturated heterocycles. The zero-order valence-corrected chi connectivity index (χ0v) is 12.9. The van der Waals surface area contributed by atoms with Gasteiger partial charge in [-0.15, -0.1) is 11.6 Å². The average Bonchev–Trinajstić information content (AvgIpc) is 2.73. The van der Waals surface area contributed by atoms with E-state index in [0.717, 1.165) is 24.3 Å². The van der Waals surface area contributed by atoms with Crippen LogP contribution >= 0.6 is 11.6 Å². The molecular weight excluding hydrogens is 256 g/mol. The van der Waals surface area contributed by atoms with Gasteiger partial charge >= 0.3 is 0 Å². The topological polar surface area (TPSA) is 17.8 Å². The average molecular weight is 279 g/mol. The first-order valence-electron chi connectivity index (χ1n) is 7.21. The number of rotatable bonds is 6. The van der Waals surface area contributed by atoms with Gasteiger partial charge in [-0.1, -0.05) is 32.8 Å². The predicted octanol–water partition coefficient (Wildman–Crippen LogP) is 4.56. The molecule has 0 unspecified atom stereocenters. The van der Waals surface area contributed by atoms with Crippen LogP contribution in [0.1, 0.15) is 38.1 Å². The third kappa shape index (κ3) is 3.11. The molecule has 0 bridgehead atoms. The van der Waals surface area contributed by atoms with Crippen LogP contribution in [0.25, 0.3) is 11.0 Å². The van der Waals surface area contributed by atoms with Crippen LogP contribution in [0.4, 0.5) is 0 Å². The maximum absolute atomic E-state index is 5.92. The van der Waals surface area contributed by atoms with E-state index in [2.05, 4.69) is 43.5 Å². The van der Waals surface area contributed by atoms with Gasteiger partial charge in [0, 0.05) is 18.8 Å². The highest BCUT2D eigenvalue weighted by molar-refractivity contribution is 6.17. The minimum Gasteiger partial charge on any atom is -0.328 e. The van der Waals surface area contributed by atoms with E-state index in [4.69, 9.17) is 16.6 Å². The molecule has 104 valence electrons. The summed E-state index contributed by atoms with van der Waals surface area (Å²) in [5, 5.41) is 0. The number of benzene rings is 1. The Kier molecular flexibility index (Phi) is 4.87. The van der Waals surface area contributed by atoms with Crippen LogP contribution in [0.3, 0.4) is 0 Å². The van der Waals surface area contributed by atoms with Crippen LogP contribution in [0.2, 0.25) is 0 Å². The lowest BCUT2D eigenvalue weighted by atomic mass is 10.0. The van der Waals surface area contributed by atoms with Crippen LogP contribution < -0.4 is 0 Å². The van der Waals surface area contributed by atoms with E-state index in [9.17, 15) is 0 Å². The quantitative estimate of drug-likeness (QED) is 0.708. The van der Waals surface area contributed by atoms with Crippen molar-refractivity contribution < 1.29 is 0 Å². The molecule has 0 aliphatic rings. The second-order valence-electron chi connectivity index (χ2n) is 5.25. The van der Waals surface area contributed by atoms with Crippen molar-refractivity contribution in [1.29, 1.82) is 0 Å². The van der Waals surface area contributed by atoms with E-state index >= 15 is 0 Å². The van der Waals surface area contributed by atoms with Gasteiger partial charge in [0.1, 0.15) is 5.82 Å². The Morgan fingerprint density at radius 2 is 2.00 bits per heavy atom. The molecule has 2 nitrogen and oxygen atoms in total. The minimum absolute atomic E-state index is 0.630. The number of nitrogens with zero attached hydrogens (tertiary/aromatic N) is 2. The Bertz CT molecular complexity index is 541. The van der Waals surface area contributed by atoms with Gasteiger partial charge in [0.2, 0.25) is 0 Å². The number of aryl methyl sites for hydroxylation is 2. The molecular formula is C16H23ClN2. The van der Waals surface area contributed by atoms with E-state index in [-0.39, 0.29) is 0 Å². The molecule has 2 aromatic rings. The van der Waals surface area contributed by atoms with Crippen LogP contribution in [0, 0.1) is 12.8 Å². The standard InChI is InChI=1S/C16H23ClN2/c1-4-13(5-2)11-19-15-7-6-12(3)10-14(15)18-16(19)8-9-17/h6-7,10,13H,4-5,8-9,11H2,1-3H3. The molecule has 0 aliphatic heterocycles. The number of hydrogen-bond acceptors (Lipinski definition) is 1. The van der Waals surface area contributed by atoms with Crippen LogP contribution in [0.15, 0.2) is 18.2 Å². The predicted molar refractivity (Wildman–Crippen MR) is 83.0 cm³/mol. The van der Waals surface area contributed by atoms with E-state index in [1.165, 1.54) is 23.9 Å². The molecule has 3 heteroatoms. The zero-order chi connectivity index (χ0) is 13.8. The van der Waals surface area contributed by atoms with E-state index in [1.54, 1.807) is 0 Å². The highest BCUT2D eigenvalue weighted by Crippen LogP contribution is 2.22. The smallest absolute Gasteiger partial charge is 0.111 e. The first-order chi connectivity index (χ1) is 9.19. The summed E-state index contributed by atoms with van der Waals surface area (Å²) in [5.74, 6) is 2.47. The second kappa shape index (κ2) is 6.42. The third-order valence-corrected chi connectivity index (χ3v) is 4.09. The van der Waals surface area contributed by atoms with E-state index in [0.29, 0.717) is 11.8 Å². The van der Waals surface area contributed by atoms with Crippen molar-refractivity contribution in [1.82, 2.24) is 9.55 Å². The molecule has 0 spiro atoms. The summed E-state index contributed by atoms with van der Waals surface area (Å²) in [4.78, 5) is 4.76. The fourth-order valence-corrected chi connectivity index (χ4v) is 2.74. The summed E-state index contributed by atoms with van der Waals surface area (Å²) in [6.45, 7) is 7.69. The summed E-state index contributed by atoms with van der Waals surface area (Å²) in [5.41, 5.74) is 3.61. The van der Waals surface area contributed by atoms with Crippen molar-refractivity contribution in [2.45, 2.75) is 46.6 Å². The van der Waals surface area contributed by atoms with Gasteiger partial charge in [0.15, 0.2) is 0 Å². The number of hydrogen-bond donors (Lipinski definition) is 0. The third-order valence-electron chi connectivity index (χ3n) is 3.90. The first-order valence-corrected chi connectivity index (χ1v) is 7.74. The first kappa shape index (κ1) is 14.4. The number of alkyl halides is 1. The fraction of sp³-hybridized carbons (Fsp3) is 0.562. The molecule has 2 rings (SSSR count). The second-order valence-corrected chi connectivity index (χ2v) is 5.63. The maximum Gasteiger partial charge on any atom is 0.111 e. The summed E-state index contributed by atoms with van der Waals surface area (Å²) in [7, 11) is 0. The monoisotopic (exact) mass is 278 g/mol. The Balaban J connectivity index is 2.45. The summed E-state index contributed by atoms with van der Waals surface area (Å²) < 4.78 is 2.37. The molecule has 0 radical (unpaired) electrons. The lowest BCUT2D eigenvalue weighted by Crippen LogP contribution is -2.12. The van der Waals surface area contributed by atoms with Gasteiger partial charge in [0.25, 0.3) is 0 Å². The molecule has 1 heterocycles. The molecule has 0 N–H and O–H groups in total. The van der Waals surface area contributed by atoms with Gasteiger partial charge < -0.3 is 4.57 Å². The highest BCUT2D eigenvalue weighted by Gasteiger charge is 2.13. The van der Waals surface area contributed by atoms with Crippen molar-refractivity contribution in [2.75, 3.05) is 5.88 Å². The van der Waals surface area contributed by atoms with Crippen molar-refractivity contribution in [3.8, 4) is 0 Å². The molecule has 0 aliphatic carbocycles. The fourth-order valence-electron chi connectivity index (χ4n) is 2.57. The number of halogens is 1. The Hall–Kier alpha value is -1.02. The largest absolute Gasteiger partial charge is 0.328 e. The molecule has 0 atom stereocenters. The number of aromatic nitrogens is 2. The molecule has 1 aromatic carbocycles. The van der Waals surface area contributed by atoms with Crippen LogP contribution in [-0.2, 0) is 13.0 Å². The van der Waals surface area contributed by atoms with Gasteiger partial charge in [-0.3, -0.25) is 0 Å². The summed E-state index contributed by atoms with van der Waals surface area (Å²) in [6.07, 6.45) is 3.26. The summed E-state index contributed by atoms with van der Waals surface area (Å²) in [6, 6.07) is 6.52. The Labute approximate surface area is 120 Å². The molecule has 0 saturated carbocycles. The van der Waals surface area contributed by atoms with E-state index in [1.807, 2.05) is 0 Å². The van der Waals surface area contributed by atoms with Crippen LogP contribution in [-0.4, -0.2) is 15.4 Å². The van der Waals surface area contributed by atoms with Crippen molar-refractivity contribution in [2.24, 2.45) is 5.92 Å². The Morgan fingerprint density at radius 1 is 1.26 bits per heavy atom. The SMILES string of the molecule is CCC(CC)Cn1c(CCCl)nc2cc(C)ccc21. The maximum atomic E-state index is 5.92. The lowest BCUT2D eigenvalue weighted by Gasteiger charge is -2.16. The Morgan fingerprint density at radius 3 is 2.63 bits per heavy atom. The molecule has 1 aromatic heterocycles. The summed E-state index contributed by atoms with van der Waals surface area (Å²) >= 11 is 5.92. The van der Waals surface area contributed by atoms with E-state index < -0.39 is 0 Å². The van der Waals surface area contributed by atoms with Crippen molar-refractivity contribution in [3.05, 3.63) is 29.6 Å². The van der Waals surface area contributed by atoms with Gasteiger partial charge in [-0.2, -0.15) is 0 Å².